The lowest BCUT2D eigenvalue weighted by atomic mass is 10.0. The molecule has 2 aromatic rings. The molecular weight excluding hydrogens is 262 g/mol. The number of rotatable bonds is 4. The van der Waals surface area contributed by atoms with Crippen LogP contribution in [-0.4, -0.2) is 38.7 Å². The van der Waals surface area contributed by atoms with Gasteiger partial charge in [0.1, 0.15) is 6.04 Å². The zero-order chi connectivity index (χ0) is 14.1. The quantitative estimate of drug-likeness (QED) is 0.907. The molecule has 0 aliphatic carbocycles. The minimum atomic E-state index is -0.801. The zero-order valence-corrected chi connectivity index (χ0v) is 11.0. The van der Waals surface area contributed by atoms with Crippen LogP contribution in [0.25, 0.3) is 11.7 Å². The van der Waals surface area contributed by atoms with Crippen LogP contribution in [0.15, 0.2) is 27.3 Å². The van der Waals surface area contributed by atoms with Gasteiger partial charge in [0.25, 0.3) is 5.89 Å². The third kappa shape index (κ3) is 2.32. The SMILES string of the molecule is CC1CCN(Cc2noc(-c3ccco3)n2)C1C(=O)O. The number of aliphatic carboxylic acids is 1. The molecule has 7 heteroatoms. The third-order valence-electron chi connectivity index (χ3n) is 3.60. The fourth-order valence-electron chi connectivity index (χ4n) is 2.60. The van der Waals surface area contributed by atoms with Crippen molar-refractivity contribution in [2.45, 2.75) is 25.9 Å². The zero-order valence-electron chi connectivity index (χ0n) is 11.0. The molecule has 20 heavy (non-hydrogen) atoms. The predicted molar refractivity (Wildman–Crippen MR) is 67.6 cm³/mol. The summed E-state index contributed by atoms with van der Waals surface area (Å²) in [6.07, 6.45) is 2.39. The van der Waals surface area contributed by atoms with Gasteiger partial charge < -0.3 is 14.0 Å². The Hall–Kier alpha value is -2.15. The van der Waals surface area contributed by atoms with Crippen molar-refractivity contribution in [1.82, 2.24) is 15.0 Å². The van der Waals surface area contributed by atoms with E-state index in [4.69, 9.17) is 8.94 Å². The molecule has 3 rings (SSSR count). The lowest BCUT2D eigenvalue weighted by Crippen LogP contribution is -2.38. The number of furan rings is 1. The maximum absolute atomic E-state index is 11.3. The average Bonchev–Trinajstić information content (AvgIpc) is 3.10. The molecule has 1 N–H and O–H groups in total. The summed E-state index contributed by atoms with van der Waals surface area (Å²) in [5.41, 5.74) is 0. The molecule has 1 aliphatic heterocycles. The van der Waals surface area contributed by atoms with Crippen molar-refractivity contribution in [2.24, 2.45) is 5.92 Å². The van der Waals surface area contributed by atoms with Gasteiger partial charge in [-0.25, -0.2) is 0 Å². The second-order valence-electron chi connectivity index (χ2n) is 5.01. The van der Waals surface area contributed by atoms with E-state index in [0.29, 0.717) is 24.0 Å². The highest BCUT2D eigenvalue weighted by Gasteiger charge is 2.37. The molecule has 106 valence electrons. The molecule has 0 radical (unpaired) electrons. The van der Waals surface area contributed by atoms with E-state index in [9.17, 15) is 9.90 Å². The summed E-state index contributed by atoms with van der Waals surface area (Å²) in [4.78, 5) is 17.4. The van der Waals surface area contributed by atoms with Crippen LogP contribution in [-0.2, 0) is 11.3 Å². The third-order valence-corrected chi connectivity index (χ3v) is 3.60. The Morgan fingerprint density at radius 1 is 1.60 bits per heavy atom. The number of hydrogen-bond donors (Lipinski definition) is 1. The first-order chi connectivity index (χ1) is 9.65. The summed E-state index contributed by atoms with van der Waals surface area (Å²) in [5, 5.41) is 13.1. The molecule has 2 aromatic heterocycles. The highest BCUT2D eigenvalue weighted by molar-refractivity contribution is 5.74. The van der Waals surface area contributed by atoms with E-state index in [2.05, 4.69) is 10.1 Å². The van der Waals surface area contributed by atoms with Gasteiger partial charge in [-0.1, -0.05) is 12.1 Å². The fourth-order valence-corrected chi connectivity index (χ4v) is 2.60. The first-order valence-corrected chi connectivity index (χ1v) is 6.48. The number of carbonyl (C=O) groups is 1. The number of aromatic nitrogens is 2. The number of likely N-dealkylation sites (tertiary alicyclic amines) is 1. The number of carboxylic acid groups (broad SMARTS) is 1. The van der Waals surface area contributed by atoms with Gasteiger partial charge in [-0.15, -0.1) is 0 Å². The Labute approximate surface area is 115 Å². The van der Waals surface area contributed by atoms with Crippen molar-refractivity contribution >= 4 is 5.97 Å². The maximum atomic E-state index is 11.3. The summed E-state index contributed by atoms with van der Waals surface area (Å²) in [5.74, 6) is 0.614. The van der Waals surface area contributed by atoms with Crippen molar-refractivity contribution in [3.63, 3.8) is 0 Å². The van der Waals surface area contributed by atoms with Crippen LogP contribution in [0, 0.1) is 5.92 Å². The fraction of sp³-hybridized carbons (Fsp3) is 0.462. The molecule has 7 nitrogen and oxygen atoms in total. The van der Waals surface area contributed by atoms with Gasteiger partial charge in [0.15, 0.2) is 11.6 Å². The maximum Gasteiger partial charge on any atom is 0.321 e. The van der Waals surface area contributed by atoms with Crippen molar-refractivity contribution < 1.29 is 18.8 Å². The second-order valence-corrected chi connectivity index (χ2v) is 5.01. The molecule has 1 saturated heterocycles. The molecule has 0 bridgehead atoms. The first-order valence-electron chi connectivity index (χ1n) is 6.48. The highest BCUT2D eigenvalue weighted by Crippen LogP contribution is 2.26. The molecule has 3 heterocycles. The van der Waals surface area contributed by atoms with E-state index in [1.807, 2.05) is 11.8 Å². The van der Waals surface area contributed by atoms with E-state index in [1.165, 1.54) is 6.26 Å². The van der Waals surface area contributed by atoms with Crippen LogP contribution in [0.3, 0.4) is 0 Å². The molecule has 0 aromatic carbocycles. The minimum absolute atomic E-state index is 0.129. The van der Waals surface area contributed by atoms with Crippen molar-refractivity contribution in [3.8, 4) is 11.7 Å². The van der Waals surface area contributed by atoms with Crippen molar-refractivity contribution in [1.29, 1.82) is 0 Å². The molecule has 0 saturated carbocycles. The van der Waals surface area contributed by atoms with Crippen molar-refractivity contribution in [2.75, 3.05) is 6.54 Å². The molecule has 2 unspecified atom stereocenters. The minimum Gasteiger partial charge on any atom is -0.480 e. The number of nitrogens with zero attached hydrogens (tertiary/aromatic N) is 3. The second kappa shape index (κ2) is 5.09. The molecule has 1 aliphatic rings. The molecule has 1 fully saturated rings. The van der Waals surface area contributed by atoms with E-state index >= 15 is 0 Å². The summed E-state index contributed by atoms with van der Waals surface area (Å²) in [6, 6.07) is 2.98. The van der Waals surface area contributed by atoms with E-state index in [-0.39, 0.29) is 5.92 Å². The summed E-state index contributed by atoms with van der Waals surface area (Å²) in [6.45, 7) is 3.04. The van der Waals surface area contributed by atoms with Gasteiger partial charge in [0.2, 0.25) is 0 Å². The van der Waals surface area contributed by atoms with Crippen LogP contribution >= 0.6 is 0 Å². The van der Waals surface area contributed by atoms with Crippen LogP contribution in [0.2, 0.25) is 0 Å². The van der Waals surface area contributed by atoms with Crippen LogP contribution in [0.5, 0.6) is 0 Å². The lowest BCUT2D eigenvalue weighted by Gasteiger charge is -2.21. The molecule has 0 amide bonds. The molecule has 2 atom stereocenters. The van der Waals surface area contributed by atoms with Crippen LogP contribution < -0.4 is 0 Å². The predicted octanol–water partition coefficient (Wildman–Crippen LogP) is 1.62. The van der Waals surface area contributed by atoms with E-state index in [1.54, 1.807) is 12.1 Å². The van der Waals surface area contributed by atoms with Crippen LogP contribution in [0.1, 0.15) is 19.2 Å². The van der Waals surface area contributed by atoms with E-state index in [0.717, 1.165) is 13.0 Å². The highest BCUT2D eigenvalue weighted by atomic mass is 16.5. The van der Waals surface area contributed by atoms with Gasteiger partial charge in [0, 0.05) is 0 Å². The number of hydrogen-bond acceptors (Lipinski definition) is 6. The van der Waals surface area contributed by atoms with Crippen molar-refractivity contribution in [3.05, 3.63) is 24.2 Å². The summed E-state index contributed by atoms with van der Waals surface area (Å²) < 4.78 is 10.3. The lowest BCUT2D eigenvalue weighted by molar-refractivity contribution is -0.143. The Bertz CT molecular complexity index is 593. The van der Waals surface area contributed by atoms with Gasteiger partial charge in [-0.05, 0) is 31.0 Å². The first kappa shape index (κ1) is 12.9. The van der Waals surface area contributed by atoms with Gasteiger partial charge in [-0.3, -0.25) is 9.69 Å². The summed E-state index contributed by atoms with van der Waals surface area (Å²) in [7, 11) is 0. The van der Waals surface area contributed by atoms with Gasteiger partial charge >= 0.3 is 5.97 Å². The van der Waals surface area contributed by atoms with Gasteiger partial charge in [-0.2, -0.15) is 4.98 Å². The molecule has 0 spiro atoms. The Morgan fingerprint density at radius 2 is 2.45 bits per heavy atom. The topological polar surface area (TPSA) is 92.6 Å². The Morgan fingerprint density at radius 3 is 3.15 bits per heavy atom. The smallest absolute Gasteiger partial charge is 0.321 e. The average molecular weight is 277 g/mol. The van der Waals surface area contributed by atoms with E-state index < -0.39 is 12.0 Å². The normalized spacial score (nSPS) is 23.2. The number of carboxylic acids is 1. The van der Waals surface area contributed by atoms with Gasteiger partial charge in [0.05, 0.1) is 12.8 Å². The standard InChI is InChI=1S/C13H15N3O4/c1-8-4-5-16(11(8)13(17)18)7-10-14-12(20-15-10)9-3-2-6-19-9/h2-3,6,8,11H,4-5,7H2,1H3,(H,17,18). The summed E-state index contributed by atoms with van der Waals surface area (Å²) >= 11 is 0. The monoisotopic (exact) mass is 277 g/mol. The Balaban J connectivity index is 1.74. The molecular formula is C13H15N3O4. The largest absolute Gasteiger partial charge is 0.480 e. The van der Waals surface area contributed by atoms with Crippen LogP contribution in [0.4, 0.5) is 0 Å². The Kier molecular flexibility index (Phi) is 3.27.